The van der Waals surface area contributed by atoms with Crippen LogP contribution in [0.25, 0.3) is 0 Å². The van der Waals surface area contributed by atoms with E-state index >= 15 is 0 Å². The van der Waals surface area contributed by atoms with Crippen LogP contribution in [-0.4, -0.2) is 39.6 Å². The van der Waals surface area contributed by atoms with Crippen molar-refractivity contribution in [2.24, 2.45) is 5.92 Å². The first-order valence-electron chi connectivity index (χ1n) is 15.3. The van der Waals surface area contributed by atoms with E-state index in [1.165, 1.54) is 11.1 Å². The molecule has 0 amide bonds. The molecule has 2 aromatic carbocycles. The minimum absolute atomic E-state index is 0.00478. The van der Waals surface area contributed by atoms with Gasteiger partial charge in [-0.3, -0.25) is 19.7 Å². The number of hydrogen-bond acceptors (Lipinski definition) is 8. The Hall–Kier alpha value is -3.88. The zero-order chi connectivity index (χ0) is 30.4. The molecule has 2 atom stereocenters. The maximum atomic E-state index is 13.4. The lowest BCUT2D eigenvalue weighted by Crippen LogP contribution is -2.40. The number of ether oxygens (including phenoxy) is 2. The number of carbonyl (C=O) groups excluding carboxylic acids is 1. The molecule has 8 nitrogen and oxygen atoms in total. The number of esters is 1. The van der Waals surface area contributed by atoms with E-state index in [0.717, 1.165) is 67.2 Å². The molecule has 0 aliphatic carbocycles. The number of aromatic nitrogens is 1. The van der Waals surface area contributed by atoms with Crippen molar-refractivity contribution in [2.45, 2.75) is 78.7 Å². The molecular formula is C35H45N5O3. The molecule has 0 fully saturated rings. The molecule has 2 N–H and O–H groups in total. The van der Waals surface area contributed by atoms with Crippen LogP contribution < -0.4 is 15.7 Å². The maximum Gasteiger partial charge on any atom is 0.309 e. The fourth-order valence-corrected chi connectivity index (χ4v) is 5.98. The maximum absolute atomic E-state index is 13.4. The fourth-order valence-electron chi connectivity index (χ4n) is 5.98. The molecule has 5 rings (SSSR count). The molecular weight excluding hydrogens is 538 g/mol. The van der Waals surface area contributed by atoms with E-state index in [0.29, 0.717) is 0 Å². The quantitative estimate of drug-likeness (QED) is 0.267. The van der Waals surface area contributed by atoms with Crippen LogP contribution in [0.15, 0.2) is 78.9 Å². The standard InChI is InChI=1S/C35H45N5O3/c1-6-40-22-31(37-38-40)14-15-32(26(3)34(41)42-23-27-10-8-7-9-11-27)28-13-12-25(2)29(18-28)20-39-21-30-19-36-17-16-33(30)43-35(4,5)24-39/h7-13,16-19,22,26,32,37-38H,6,14-15,20-21,23-24H2,1-5H3. The van der Waals surface area contributed by atoms with Crippen LogP contribution in [0.5, 0.6) is 5.75 Å². The second-order valence-corrected chi connectivity index (χ2v) is 12.4. The summed E-state index contributed by atoms with van der Waals surface area (Å²) in [5.74, 6) is 0.421. The first kappa shape index (κ1) is 30.6. The van der Waals surface area contributed by atoms with Gasteiger partial charge in [0.05, 0.1) is 5.92 Å². The van der Waals surface area contributed by atoms with Crippen molar-refractivity contribution in [1.29, 1.82) is 0 Å². The van der Waals surface area contributed by atoms with Crippen LogP contribution in [-0.2, 0) is 29.2 Å². The Labute approximate surface area is 256 Å². The Morgan fingerprint density at radius 2 is 1.98 bits per heavy atom. The highest BCUT2D eigenvalue weighted by Gasteiger charge is 2.31. The lowest BCUT2D eigenvalue weighted by molar-refractivity contribution is -0.150. The van der Waals surface area contributed by atoms with Crippen molar-refractivity contribution in [1.82, 2.24) is 25.9 Å². The molecule has 2 aliphatic heterocycles. The number of nitrogens with one attached hydrogen (secondary N) is 2. The Morgan fingerprint density at radius 3 is 2.74 bits per heavy atom. The SMILES string of the molecule is CCN1C=C(CCC(c2ccc(C)c(CN3Cc4cnccc4OC(C)(C)C3)c2)C(C)C(=O)OCc2ccccc2)NN1. The largest absolute Gasteiger partial charge is 0.486 e. The highest BCUT2D eigenvalue weighted by Crippen LogP contribution is 2.34. The van der Waals surface area contributed by atoms with Gasteiger partial charge in [0.25, 0.3) is 0 Å². The third-order valence-corrected chi connectivity index (χ3v) is 8.38. The van der Waals surface area contributed by atoms with Crippen LogP contribution >= 0.6 is 0 Å². The fraction of sp³-hybridized carbons (Fsp3) is 0.429. The van der Waals surface area contributed by atoms with E-state index in [-0.39, 0.29) is 30.0 Å². The number of aryl methyl sites for hydroxylation is 1. The van der Waals surface area contributed by atoms with Gasteiger partial charge in [0.2, 0.25) is 0 Å². The molecule has 8 heteroatoms. The minimum atomic E-state index is -0.333. The van der Waals surface area contributed by atoms with Crippen LogP contribution in [0, 0.1) is 12.8 Å². The monoisotopic (exact) mass is 583 g/mol. The van der Waals surface area contributed by atoms with Gasteiger partial charge in [-0.2, -0.15) is 0 Å². The smallest absolute Gasteiger partial charge is 0.309 e. The number of carbonyl (C=O) groups is 1. The van der Waals surface area contributed by atoms with Gasteiger partial charge in [0.1, 0.15) is 18.0 Å². The second kappa shape index (κ2) is 13.6. The first-order valence-corrected chi connectivity index (χ1v) is 15.3. The first-order chi connectivity index (χ1) is 20.7. The van der Waals surface area contributed by atoms with E-state index in [4.69, 9.17) is 9.47 Å². The van der Waals surface area contributed by atoms with Crippen molar-refractivity contribution < 1.29 is 14.3 Å². The summed E-state index contributed by atoms with van der Waals surface area (Å²) >= 11 is 0. The van der Waals surface area contributed by atoms with Crippen LogP contribution in [0.2, 0.25) is 0 Å². The molecule has 3 aromatic rings. The topological polar surface area (TPSA) is 79.0 Å². The molecule has 0 bridgehead atoms. The summed E-state index contributed by atoms with van der Waals surface area (Å²) in [5, 5.41) is 2.02. The summed E-state index contributed by atoms with van der Waals surface area (Å²) in [6.45, 7) is 14.0. The summed E-state index contributed by atoms with van der Waals surface area (Å²) in [4.78, 5) is 20.2. The molecule has 0 radical (unpaired) electrons. The minimum Gasteiger partial charge on any atom is -0.486 e. The van der Waals surface area contributed by atoms with Crippen molar-refractivity contribution in [3.8, 4) is 5.75 Å². The van der Waals surface area contributed by atoms with Gasteiger partial charge in [0.15, 0.2) is 0 Å². The zero-order valence-corrected chi connectivity index (χ0v) is 26.1. The summed E-state index contributed by atoms with van der Waals surface area (Å²) in [5.41, 5.74) is 13.0. The van der Waals surface area contributed by atoms with E-state index < -0.39 is 0 Å². The predicted molar refractivity (Wildman–Crippen MR) is 168 cm³/mol. The molecule has 0 saturated heterocycles. The van der Waals surface area contributed by atoms with Gasteiger partial charge in [-0.05, 0) is 74.8 Å². The zero-order valence-electron chi connectivity index (χ0n) is 26.1. The Balaban J connectivity index is 1.37. The number of pyridine rings is 1. The van der Waals surface area contributed by atoms with E-state index in [1.807, 2.05) is 54.5 Å². The Bertz CT molecular complexity index is 1420. The summed E-state index contributed by atoms with van der Waals surface area (Å²) in [6.07, 6.45) is 7.43. The van der Waals surface area contributed by atoms with Crippen LogP contribution in [0.3, 0.4) is 0 Å². The number of hydrazine groups is 2. The number of hydrogen-bond donors (Lipinski definition) is 2. The molecule has 228 valence electrons. The van der Waals surface area contributed by atoms with Crippen molar-refractivity contribution in [3.63, 3.8) is 0 Å². The second-order valence-electron chi connectivity index (χ2n) is 12.4. The molecule has 2 aliphatic rings. The van der Waals surface area contributed by atoms with Gasteiger partial charge < -0.3 is 14.9 Å². The van der Waals surface area contributed by atoms with Crippen molar-refractivity contribution in [3.05, 3.63) is 107 Å². The van der Waals surface area contributed by atoms with Gasteiger partial charge in [-0.1, -0.05) is 55.5 Å². The molecule has 1 aromatic heterocycles. The lowest BCUT2D eigenvalue weighted by Gasteiger charge is -2.30. The lowest BCUT2D eigenvalue weighted by atomic mass is 9.82. The third-order valence-electron chi connectivity index (χ3n) is 8.38. The Morgan fingerprint density at radius 1 is 1.16 bits per heavy atom. The molecule has 0 spiro atoms. The van der Waals surface area contributed by atoms with Gasteiger partial charge in [0, 0.05) is 56.0 Å². The van der Waals surface area contributed by atoms with E-state index in [9.17, 15) is 4.79 Å². The predicted octanol–water partition coefficient (Wildman–Crippen LogP) is 5.99. The third kappa shape index (κ3) is 7.94. The highest BCUT2D eigenvalue weighted by atomic mass is 16.5. The normalized spacial score (nSPS) is 17.6. The summed E-state index contributed by atoms with van der Waals surface area (Å²) in [7, 11) is 0. The number of fused-ring (bicyclic) bond motifs is 1. The van der Waals surface area contributed by atoms with E-state index in [2.05, 4.69) is 72.9 Å². The Kier molecular flexibility index (Phi) is 9.68. The molecule has 0 saturated carbocycles. The van der Waals surface area contributed by atoms with Gasteiger partial charge >= 0.3 is 5.97 Å². The summed E-state index contributed by atoms with van der Waals surface area (Å²) < 4.78 is 12.2. The highest BCUT2D eigenvalue weighted by molar-refractivity contribution is 5.73. The molecule has 43 heavy (non-hydrogen) atoms. The molecule has 2 unspecified atom stereocenters. The van der Waals surface area contributed by atoms with Gasteiger partial charge in [-0.15, -0.1) is 5.53 Å². The summed E-state index contributed by atoms with van der Waals surface area (Å²) in [6, 6.07) is 18.5. The number of rotatable bonds is 11. The van der Waals surface area contributed by atoms with E-state index in [1.54, 1.807) is 6.20 Å². The molecule has 3 heterocycles. The van der Waals surface area contributed by atoms with Crippen molar-refractivity contribution in [2.75, 3.05) is 13.1 Å². The van der Waals surface area contributed by atoms with Crippen LogP contribution in [0.1, 0.15) is 74.3 Å². The number of benzene rings is 2. The van der Waals surface area contributed by atoms with Gasteiger partial charge in [-0.25, -0.2) is 0 Å². The number of allylic oxidation sites excluding steroid dienone is 1. The average Bonchev–Trinajstić information content (AvgIpc) is 3.41. The van der Waals surface area contributed by atoms with Crippen molar-refractivity contribution >= 4 is 5.97 Å². The number of nitrogens with zero attached hydrogens (tertiary/aromatic N) is 3. The average molecular weight is 584 g/mol. The van der Waals surface area contributed by atoms with Crippen LogP contribution in [0.4, 0.5) is 0 Å².